The molecule has 1 aromatic heterocycles. The number of benzene rings is 2. The van der Waals surface area contributed by atoms with E-state index in [-0.39, 0.29) is 29.7 Å². The van der Waals surface area contributed by atoms with Crippen molar-refractivity contribution in [1.82, 2.24) is 9.80 Å². The Balaban J connectivity index is 1.30. The second-order valence-electron chi connectivity index (χ2n) is 10.2. The van der Waals surface area contributed by atoms with Crippen LogP contribution in [0.2, 0.25) is 5.02 Å². The average Bonchev–Trinajstić information content (AvgIpc) is 2.97. The van der Waals surface area contributed by atoms with Gasteiger partial charge in [-0.15, -0.1) is 0 Å². The van der Waals surface area contributed by atoms with E-state index < -0.39 is 29.2 Å². The SMILES string of the molecule is O=CC(C(=O)N1CCC[C@H](C(=O)OCCN2CCOCC2)C1)c1ccc2c(-c3ccc(F)cc3Cl)cc(=O)oc2c1. The van der Waals surface area contributed by atoms with Crippen molar-refractivity contribution in [3.63, 3.8) is 0 Å². The lowest BCUT2D eigenvalue weighted by Crippen LogP contribution is -2.45. The van der Waals surface area contributed by atoms with Crippen molar-refractivity contribution in [3.05, 3.63) is 69.3 Å². The van der Waals surface area contributed by atoms with Gasteiger partial charge in [-0.25, -0.2) is 9.18 Å². The number of carbonyl (C=O) groups is 3. The number of carbonyl (C=O) groups excluding carboxylic acids is 3. The summed E-state index contributed by atoms with van der Waals surface area (Å²) in [5, 5.41) is 0.637. The van der Waals surface area contributed by atoms with Gasteiger partial charge in [0.2, 0.25) is 5.91 Å². The Bertz CT molecular complexity index is 1500. The molecule has 0 N–H and O–H groups in total. The molecule has 0 radical (unpaired) electrons. The van der Waals surface area contributed by atoms with Crippen molar-refractivity contribution in [2.75, 3.05) is 52.5 Å². The van der Waals surface area contributed by atoms with Crippen LogP contribution >= 0.6 is 11.6 Å². The number of esters is 1. The molecule has 0 bridgehead atoms. The summed E-state index contributed by atoms with van der Waals surface area (Å²) in [6.45, 7) is 4.41. The molecular weight excluding hydrogens is 555 g/mol. The number of ether oxygens (including phenoxy) is 2. The van der Waals surface area contributed by atoms with E-state index in [1.807, 2.05) is 0 Å². The van der Waals surface area contributed by atoms with Crippen LogP contribution < -0.4 is 5.63 Å². The van der Waals surface area contributed by atoms with E-state index in [4.69, 9.17) is 25.5 Å². The van der Waals surface area contributed by atoms with Gasteiger partial charge in [-0.1, -0.05) is 23.7 Å². The molecule has 1 amide bonds. The molecule has 3 heterocycles. The lowest BCUT2D eigenvalue weighted by Gasteiger charge is -2.33. The van der Waals surface area contributed by atoms with Crippen molar-refractivity contribution in [2.45, 2.75) is 18.8 Å². The van der Waals surface area contributed by atoms with Gasteiger partial charge < -0.3 is 23.6 Å². The lowest BCUT2D eigenvalue weighted by atomic mass is 9.93. The van der Waals surface area contributed by atoms with Crippen LogP contribution in [0.25, 0.3) is 22.1 Å². The Kier molecular flexibility index (Phi) is 9.12. The zero-order valence-electron chi connectivity index (χ0n) is 22.4. The minimum atomic E-state index is -1.15. The van der Waals surface area contributed by atoms with Crippen LogP contribution in [0.5, 0.6) is 0 Å². The van der Waals surface area contributed by atoms with Crippen LogP contribution in [0.15, 0.2) is 51.7 Å². The number of fused-ring (bicyclic) bond motifs is 1. The van der Waals surface area contributed by atoms with E-state index >= 15 is 0 Å². The zero-order chi connectivity index (χ0) is 28.9. The predicted molar refractivity (Wildman–Crippen MR) is 149 cm³/mol. The molecule has 3 aromatic rings. The maximum atomic E-state index is 13.6. The number of likely N-dealkylation sites (tertiary alicyclic amines) is 1. The molecule has 1 unspecified atom stereocenters. The number of piperidine rings is 1. The molecule has 0 spiro atoms. The third-order valence-electron chi connectivity index (χ3n) is 7.57. The summed E-state index contributed by atoms with van der Waals surface area (Å²) in [6.07, 6.45) is 1.75. The first-order chi connectivity index (χ1) is 19.8. The maximum absolute atomic E-state index is 13.6. The number of rotatable bonds is 8. The number of aldehydes is 1. The van der Waals surface area contributed by atoms with Crippen LogP contribution in [0.3, 0.4) is 0 Å². The van der Waals surface area contributed by atoms with E-state index in [9.17, 15) is 23.6 Å². The monoisotopic (exact) mass is 584 g/mol. The quantitative estimate of drug-likeness (QED) is 0.171. The topological polar surface area (TPSA) is 106 Å². The van der Waals surface area contributed by atoms with E-state index in [0.29, 0.717) is 67.5 Å². The molecule has 216 valence electrons. The van der Waals surface area contributed by atoms with Crippen molar-refractivity contribution in [1.29, 1.82) is 0 Å². The Hall–Kier alpha value is -3.60. The average molecular weight is 585 g/mol. The molecular formula is C30H30ClFN2O7. The fourth-order valence-corrected chi connectivity index (χ4v) is 5.64. The summed E-state index contributed by atoms with van der Waals surface area (Å²) < 4.78 is 29.8. The first-order valence-electron chi connectivity index (χ1n) is 13.6. The number of halogens is 2. The molecule has 2 fully saturated rings. The Morgan fingerprint density at radius 2 is 1.90 bits per heavy atom. The molecule has 11 heteroatoms. The second kappa shape index (κ2) is 12.9. The van der Waals surface area contributed by atoms with Gasteiger partial charge in [0.05, 0.1) is 24.2 Å². The van der Waals surface area contributed by atoms with Crippen molar-refractivity contribution in [3.8, 4) is 11.1 Å². The van der Waals surface area contributed by atoms with Gasteiger partial charge in [0, 0.05) is 55.3 Å². The smallest absolute Gasteiger partial charge is 0.336 e. The highest BCUT2D eigenvalue weighted by Gasteiger charge is 2.33. The number of morpholine rings is 1. The lowest BCUT2D eigenvalue weighted by molar-refractivity contribution is -0.152. The fourth-order valence-electron chi connectivity index (χ4n) is 5.37. The van der Waals surface area contributed by atoms with Gasteiger partial charge in [0.25, 0.3) is 0 Å². The summed E-state index contributed by atoms with van der Waals surface area (Å²) in [5.74, 6) is -2.92. The second-order valence-corrected chi connectivity index (χ2v) is 10.6. The number of hydrogen-bond donors (Lipinski definition) is 0. The zero-order valence-corrected chi connectivity index (χ0v) is 23.1. The number of hydrogen-bond acceptors (Lipinski definition) is 8. The summed E-state index contributed by atoms with van der Waals surface area (Å²) in [4.78, 5) is 54.4. The number of amides is 1. The van der Waals surface area contributed by atoms with E-state index in [2.05, 4.69) is 4.90 Å². The maximum Gasteiger partial charge on any atom is 0.336 e. The Morgan fingerprint density at radius 1 is 1.10 bits per heavy atom. The highest BCUT2D eigenvalue weighted by Crippen LogP contribution is 2.34. The fraction of sp³-hybridized carbons (Fsp3) is 0.400. The molecule has 9 nitrogen and oxygen atoms in total. The first kappa shape index (κ1) is 28.9. The molecule has 2 aliphatic heterocycles. The highest BCUT2D eigenvalue weighted by atomic mass is 35.5. The van der Waals surface area contributed by atoms with Gasteiger partial charge in [0.15, 0.2) is 0 Å². The third kappa shape index (κ3) is 6.66. The molecule has 5 rings (SSSR count). The summed E-state index contributed by atoms with van der Waals surface area (Å²) in [6, 6.07) is 9.85. The van der Waals surface area contributed by atoms with Crippen molar-refractivity contribution >= 4 is 40.7 Å². The molecule has 2 aliphatic rings. The van der Waals surface area contributed by atoms with Gasteiger partial charge >= 0.3 is 11.6 Å². The molecule has 41 heavy (non-hydrogen) atoms. The molecule has 2 atom stereocenters. The van der Waals surface area contributed by atoms with Crippen molar-refractivity contribution in [2.24, 2.45) is 5.92 Å². The Labute approximate surface area is 240 Å². The molecule has 0 saturated carbocycles. The van der Waals surface area contributed by atoms with Crippen LogP contribution in [0, 0.1) is 11.7 Å². The third-order valence-corrected chi connectivity index (χ3v) is 7.89. The van der Waals surface area contributed by atoms with E-state index in [1.54, 1.807) is 12.1 Å². The standard InChI is InChI=1S/C30H30ClFN2O7/c31-26-15-21(32)4-6-22(26)24-16-28(36)41-27-14-19(3-5-23(24)27)25(18-35)29(37)34-7-1-2-20(17-34)30(38)40-13-10-33-8-11-39-12-9-33/h3-6,14-16,18,20,25H,1-2,7-13,17H2/t20-,25?/m0/s1. The van der Waals surface area contributed by atoms with E-state index in [1.165, 1.54) is 29.2 Å². The minimum Gasteiger partial charge on any atom is -0.464 e. The van der Waals surface area contributed by atoms with Crippen molar-refractivity contribution < 1.29 is 32.7 Å². The van der Waals surface area contributed by atoms with Gasteiger partial charge in [0.1, 0.15) is 30.2 Å². The summed E-state index contributed by atoms with van der Waals surface area (Å²) >= 11 is 6.24. The normalized spacial score (nSPS) is 18.7. The molecule has 2 saturated heterocycles. The highest BCUT2D eigenvalue weighted by molar-refractivity contribution is 6.33. The van der Waals surface area contributed by atoms with Crippen LogP contribution in [-0.4, -0.2) is 80.5 Å². The van der Waals surface area contributed by atoms with Gasteiger partial charge in [-0.3, -0.25) is 14.5 Å². The largest absolute Gasteiger partial charge is 0.464 e. The summed E-state index contributed by atoms with van der Waals surface area (Å²) in [7, 11) is 0. The molecule has 0 aliphatic carbocycles. The van der Waals surface area contributed by atoms with E-state index in [0.717, 1.165) is 19.2 Å². The van der Waals surface area contributed by atoms with Crippen LogP contribution in [-0.2, 0) is 23.9 Å². The van der Waals surface area contributed by atoms with Crippen LogP contribution in [0.4, 0.5) is 4.39 Å². The summed E-state index contributed by atoms with van der Waals surface area (Å²) in [5.41, 5.74) is 0.722. The van der Waals surface area contributed by atoms with Gasteiger partial charge in [-0.05, 0) is 42.7 Å². The minimum absolute atomic E-state index is 0.126. The predicted octanol–water partition coefficient (Wildman–Crippen LogP) is 3.65. The van der Waals surface area contributed by atoms with Crippen LogP contribution in [0.1, 0.15) is 24.3 Å². The first-order valence-corrected chi connectivity index (χ1v) is 14.0. The Morgan fingerprint density at radius 3 is 2.66 bits per heavy atom. The number of nitrogens with zero attached hydrogens (tertiary/aromatic N) is 2. The molecule has 2 aromatic carbocycles. The van der Waals surface area contributed by atoms with Gasteiger partial charge in [-0.2, -0.15) is 0 Å².